The predicted molar refractivity (Wildman–Crippen MR) is 93.6 cm³/mol. The second kappa shape index (κ2) is 7.53. The molecule has 3 aromatic rings. The number of aromatic nitrogens is 1. The molecule has 2 aromatic carbocycles. The zero-order valence-electron chi connectivity index (χ0n) is 13.5. The number of benzene rings is 2. The fourth-order valence-corrected chi connectivity index (χ4v) is 3.32. The number of hydrogen-bond acceptors (Lipinski definition) is 3. The number of carbonyl (C=O) groups excluding carboxylic acids is 1. The summed E-state index contributed by atoms with van der Waals surface area (Å²) >= 11 is 1.25. The highest BCUT2D eigenvalue weighted by atomic mass is 32.1. The van der Waals surface area contributed by atoms with Crippen molar-refractivity contribution in [3.63, 3.8) is 0 Å². The van der Waals surface area contributed by atoms with Crippen LogP contribution >= 0.6 is 11.3 Å². The van der Waals surface area contributed by atoms with Gasteiger partial charge in [0.15, 0.2) is 0 Å². The summed E-state index contributed by atoms with van der Waals surface area (Å²) < 4.78 is 27.1. The molecule has 128 valence electrons. The number of nitrogens with zero attached hydrogens (tertiary/aromatic N) is 1. The van der Waals surface area contributed by atoms with Crippen LogP contribution in [0.3, 0.4) is 0 Å². The Balaban J connectivity index is 1.89. The highest BCUT2D eigenvalue weighted by Gasteiger charge is 2.19. The Bertz CT molecular complexity index is 894. The molecule has 1 atom stereocenters. The van der Waals surface area contributed by atoms with Crippen molar-refractivity contribution in [2.75, 3.05) is 0 Å². The van der Waals surface area contributed by atoms with Crippen LogP contribution in [0.1, 0.15) is 32.5 Å². The summed E-state index contributed by atoms with van der Waals surface area (Å²) in [6.07, 6.45) is 0.352. The first kappa shape index (κ1) is 17.2. The van der Waals surface area contributed by atoms with Crippen molar-refractivity contribution >= 4 is 17.2 Å². The standard InChI is InChI=1S/C19H16F2N2OS/c1-12-18(25-11-22-12)19(24)23-17(14-5-3-7-16(21)10-14)9-13-4-2-6-15(20)8-13/h2-8,10-11,17H,9H2,1H3,(H,23,24). The van der Waals surface area contributed by atoms with Crippen LogP contribution in [0, 0.1) is 18.6 Å². The average Bonchev–Trinajstić information content (AvgIpc) is 3.00. The average molecular weight is 358 g/mol. The van der Waals surface area contributed by atoms with E-state index in [1.165, 1.54) is 35.6 Å². The first-order chi connectivity index (χ1) is 12.0. The maximum Gasteiger partial charge on any atom is 0.263 e. The van der Waals surface area contributed by atoms with E-state index in [0.717, 1.165) is 5.56 Å². The predicted octanol–water partition coefficient (Wildman–Crippen LogP) is 4.44. The smallest absolute Gasteiger partial charge is 0.263 e. The van der Waals surface area contributed by atoms with E-state index in [-0.39, 0.29) is 17.5 Å². The summed E-state index contributed by atoms with van der Waals surface area (Å²) in [6.45, 7) is 1.76. The number of thiazole rings is 1. The molecule has 0 fully saturated rings. The number of amides is 1. The topological polar surface area (TPSA) is 42.0 Å². The number of aryl methyl sites for hydroxylation is 1. The van der Waals surface area contributed by atoms with Gasteiger partial charge in [-0.2, -0.15) is 0 Å². The van der Waals surface area contributed by atoms with E-state index in [1.54, 1.807) is 36.7 Å². The molecule has 1 aromatic heterocycles. The molecule has 0 saturated heterocycles. The summed E-state index contributed by atoms with van der Waals surface area (Å²) in [5.74, 6) is -1.00. The molecule has 0 saturated carbocycles. The first-order valence-corrected chi connectivity index (χ1v) is 8.62. The number of rotatable bonds is 5. The van der Waals surface area contributed by atoms with Gasteiger partial charge in [-0.25, -0.2) is 13.8 Å². The van der Waals surface area contributed by atoms with Crippen molar-refractivity contribution in [3.8, 4) is 0 Å². The third-order valence-electron chi connectivity index (χ3n) is 3.84. The Kier molecular flexibility index (Phi) is 5.19. The lowest BCUT2D eigenvalue weighted by Gasteiger charge is -2.19. The van der Waals surface area contributed by atoms with Gasteiger partial charge in [0.2, 0.25) is 0 Å². The van der Waals surface area contributed by atoms with Gasteiger partial charge < -0.3 is 5.32 Å². The van der Waals surface area contributed by atoms with Crippen molar-refractivity contribution in [1.82, 2.24) is 10.3 Å². The van der Waals surface area contributed by atoms with Crippen molar-refractivity contribution in [2.24, 2.45) is 0 Å². The van der Waals surface area contributed by atoms with Gasteiger partial charge in [0.1, 0.15) is 16.5 Å². The van der Waals surface area contributed by atoms with Gasteiger partial charge in [-0.3, -0.25) is 4.79 Å². The minimum atomic E-state index is -0.480. The zero-order chi connectivity index (χ0) is 17.8. The second-order valence-electron chi connectivity index (χ2n) is 5.68. The Morgan fingerprint density at radius 3 is 2.52 bits per heavy atom. The Labute approximate surface area is 148 Å². The van der Waals surface area contributed by atoms with E-state index in [2.05, 4.69) is 10.3 Å². The quantitative estimate of drug-likeness (QED) is 0.732. The molecule has 0 bridgehead atoms. The maximum atomic E-state index is 13.6. The fraction of sp³-hybridized carbons (Fsp3) is 0.158. The zero-order valence-corrected chi connectivity index (χ0v) is 14.3. The van der Waals surface area contributed by atoms with Crippen LogP contribution in [-0.2, 0) is 6.42 Å². The lowest BCUT2D eigenvalue weighted by Crippen LogP contribution is -2.30. The first-order valence-electron chi connectivity index (χ1n) is 7.74. The lowest BCUT2D eigenvalue weighted by molar-refractivity contribution is 0.0939. The van der Waals surface area contributed by atoms with Crippen LogP contribution in [0.5, 0.6) is 0 Å². The van der Waals surface area contributed by atoms with Crippen molar-refractivity contribution in [1.29, 1.82) is 0 Å². The fourth-order valence-electron chi connectivity index (χ4n) is 2.62. The van der Waals surface area contributed by atoms with Crippen LogP contribution < -0.4 is 5.32 Å². The summed E-state index contributed by atoms with van der Waals surface area (Å²) in [5.41, 5.74) is 3.59. The molecule has 0 aliphatic heterocycles. The molecule has 3 nitrogen and oxygen atoms in total. The molecule has 0 aliphatic rings. The summed E-state index contributed by atoms with van der Waals surface area (Å²) in [6, 6.07) is 11.7. The molecule has 0 aliphatic carbocycles. The summed E-state index contributed by atoms with van der Waals surface area (Å²) in [4.78, 5) is 17.1. The lowest BCUT2D eigenvalue weighted by atomic mass is 9.98. The van der Waals surface area contributed by atoms with Crippen LogP contribution in [0.4, 0.5) is 8.78 Å². The molecule has 1 unspecified atom stereocenters. The third-order valence-corrected chi connectivity index (χ3v) is 4.76. The molecule has 6 heteroatoms. The monoisotopic (exact) mass is 358 g/mol. The van der Waals surface area contributed by atoms with E-state index in [9.17, 15) is 13.6 Å². The largest absolute Gasteiger partial charge is 0.344 e. The SMILES string of the molecule is Cc1ncsc1C(=O)NC(Cc1cccc(F)c1)c1cccc(F)c1. The van der Waals surface area contributed by atoms with Gasteiger partial charge in [-0.1, -0.05) is 24.3 Å². The van der Waals surface area contributed by atoms with Gasteiger partial charge in [0.25, 0.3) is 5.91 Å². The Morgan fingerprint density at radius 2 is 1.88 bits per heavy atom. The van der Waals surface area contributed by atoms with Crippen LogP contribution in [-0.4, -0.2) is 10.9 Å². The molecule has 3 rings (SSSR count). The van der Waals surface area contributed by atoms with E-state index < -0.39 is 6.04 Å². The van der Waals surface area contributed by atoms with Crippen LogP contribution in [0.2, 0.25) is 0 Å². The third kappa shape index (κ3) is 4.28. The van der Waals surface area contributed by atoms with Gasteiger partial charge in [-0.05, 0) is 48.7 Å². The molecule has 0 radical (unpaired) electrons. The van der Waals surface area contributed by atoms with E-state index in [0.29, 0.717) is 22.6 Å². The minimum absolute atomic E-state index is 0.273. The molecule has 1 heterocycles. The van der Waals surface area contributed by atoms with Gasteiger partial charge in [-0.15, -0.1) is 11.3 Å². The Morgan fingerprint density at radius 1 is 1.16 bits per heavy atom. The molecule has 1 amide bonds. The van der Waals surface area contributed by atoms with Gasteiger partial charge >= 0.3 is 0 Å². The minimum Gasteiger partial charge on any atom is -0.344 e. The summed E-state index contributed by atoms with van der Waals surface area (Å²) in [7, 11) is 0. The number of hydrogen-bond donors (Lipinski definition) is 1. The molecule has 1 N–H and O–H groups in total. The highest BCUT2D eigenvalue weighted by molar-refractivity contribution is 7.11. The van der Waals surface area contributed by atoms with E-state index in [4.69, 9.17) is 0 Å². The summed E-state index contributed by atoms with van der Waals surface area (Å²) in [5, 5.41) is 2.91. The number of carbonyl (C=O) groups is 1. The van der Waals surface area contributed by atoms with E-state index in [1.807, 2.05) is 0 Å². The molecular formula is C19H16F2N2OS. The Hall–Kier alpha value is -2.60. The van der Waals surface area contributed by atoms with Crippen molar-refractivity contribution in [3.05, 3.63) is 87.4 Å². The molecular weight excluding hydrogens is 342 g/mol. The molecule has 25 heavy (non-hydrogen) atoms. The van der Waals surface area contributed by atoms with Crippen molar-refractivity contribution in [2.45, 2.75) is 19.4 Å². The second-order valence-corrected chi connectivity index (χ2v) is 6.54. The highest BCUT2D eigenvalue weighted by Crippen LogP contribution is 2.22. The van der Waals surface area contributed by atoms with Crippen LogP contribution in [0.25, 0.3) is 0 Å². The maximum absolute atomic E-state index is 13.6. The van der Waals surface area contributed by atoms with Crippen LogP contribution in [0.15, 0.2) is 54.0 Å². The van der Waals surface area contributed by atoms with Gasteiger partial charge in [0, 0.05) is 0 Å². The molecule has 0 spiro atoms. The normalized spacial score (nSPS) is 12.0. The number of halogens is 2. The van der Waals surface area contributed by atoms with Crippen molar-refractivity contribution < 1.29 is 13.6 Å². The number of nitrogens with one attached hydrogen (secondary N) is 1. The van der Waals surface area contributed by atoms with Gasteiger partial charge in [0.05, 0.1) is 17.2 Å². The van der Waals surface area contributed by atoms with E-state index >= 15 is 0 Å².